The first-order valence-electron chi connectivity index (χ1n) is 6.92. The molecule has 0 radical (unpaired) electrons. The Kier molecular flexibility index (Phi) is 4.07. The second-order valence-electron chi connectivity index (χ2n) is 4.99. The van der Waals surface area contributed by atoms with Crippen LogP contribution in [0.1, 0.15) is 10.4 Å². The average Bonchev–Trinajstić information content (AvgIpc) is 2.55. The fourth-order valence-corrected chi connectivity index (χ4v) is 2.53. The molecule has 0 saturated carbocycles. The van der Waals surface area contributed by atoms with Gasteiger partial charge < -0.3 is 4.74 Å². The van der Waals surface area contributed by atoms with Gasteiger partial charge in [0, 0.05) is 22.7 Å². The minimum atomic E-state index is 0.0463. The molecule has 0 N–H and O–H groups in total. The van der Waals surface area contributed by atoms with Crippen molar-refractivity contribution in [2.45, 2.75) is 6.54 Å². The number of hydrogen-bond donors (Lipinski definition) is 0. The fraction of sp³-hybridized carbons (Fsp3) is 0.111. The number of nitrogens with zero attached hydrogens (tertiary/aromatic N) is 1. The molecule has 0 unspecified atom stereocenters. The number of hydrogen-bond acceptors (Lipinski definition) is 2. The van der Waals surface area contributed by atoms with Gasteiger partial charge in [-0.25, -0.2) is 0 Å². The van der Waals surface area contributed by atoms with Gasteiger partial charge in [0.1, 0.15) is 5.75 Å². The first kappa shape index (κ1) is 14.5. The summed E-state index contributed by atoms with van der Waals surface area (Å²) in [6.45, 7) is 0.283. The van der Waals surface area contributed by atoms with Gasteiger partial charge in [-0.2, -0.15) is 4.57 Å². The minimum Gasteiger partial charge on any atom is -0.497 e. The summed E-state index contributed by atoms with van der Waals surface area (Å²) >= 11 is 5.85. The van der Waals surface area contributed by atoms with Crippen molar-refractivity contribution in [3.63, 3.8) is 0 Å². The molecular weight excluding hydrogens is 298 g/mol. The van der Waals surface area contributed by atoms with Gasteiger partial charge in [-0.05, 0) is 42.5 Å². The van der Waals surface area contributed by atoms with E-state index in [4.69, 9.17) is 16.3 Å². The summed E-state index contributed by atoms with van der Waals surface area (Å²) in [6, 6.07) is 16.7. The molecule has 1 heterocycles. The monoisotopic (exact) mass is 312 g/mol. The van der Waals surface area contributed by atoms with Gasteiger partial charge >= 0.3 is 0 Å². The molecule has 0 saturated heterocycles. The highest BCUT2D eigenvalue weighted by Crippen LogP contribution is 2.18. The maximum absolute atomic E-state index is 12.4. The smallest absolute Gasteiger partial charge is 0.227 e. The topological polar surface area (TPSA) is 30.2 Å². The van der Waals surface area contributed by atoms with Gasteiger partial charge in [-0.15, -0.1) is 0 Å². The molecule has 3 nitrogen and oxygen atoms in total. The maximum Gasteiger partial charge on any atom is 0.227 e. The number of Topliss-reactive ketones (excluding diaryl/α,β-unsaturated/α-hetero) is 1. The lowest BCUT2D eigenvalue weighted by Gasteiger charge is -2.04. The van der Waals surface area contributed by atoms with Crippen LogP contribution in [-0.4, -0.2) is 12.9 Å². The zero-order chi connectivity index (χ0) is 15.5. The molecule has 0 bridgehead atoms. The number of ketones is 1. The van der Waals surface area contributed by atoms with Crippen molar-refractivity contribution < 1.29 is 14.1 Å². The van der Waals surface area contributed by atoms with Crippen LogP contribution < -0.4 is 9.30 Å². The van der Waals surface area contributed by atoms with Crippen molar-refractivity contribution in [2.24, 2.45) is 0 Å². The molecule has 110 valence electrons. The molecule has 4 heteroatoms. The van der Waals surface area contributed by atoms with Gasteiger partial charge in [0.15, 0.2) is 6.20 Å². The van der Waals surface area contributed by atoms with Crippen LogP contribution in [0.4, 0.5) is 0 Å². The highest BCUT2D eigenvalue weighted by Gasteiger charge is 2.15. The Labute approximate surface area is 133 Å². The average molecular weight is 313 g/mol. The van der Waals surface area contributed by atoms with E-state index < -0.39 is 0 Å². The summed E-state index contributed by atoms with van der Waals surface area (Å²) in [7, 11) is 1.64. The number of ether oxygens (including phenoxy) is 1. The standard InChI is InChI=1S/C18H15ClNO2/c1-22-16-8-9-17-14(11-16)3-2-10-20(17)12-18(21)13-4-6-15(19)7-5-13/h2-11H,12H2,1H3/q+1. The van der Waals surface area contributed by atoms with Gasteiger partial charge in [-0.1, -0.05) is 11.6 Å². The molecule has 3 aromatic rings. The van der Waals surface area contributed by atoms with E-state index in [0.717, 1.165) is 16.7 Å². The second-order valence-corrected chi connectivity index (χ2v) is 5.43. The first-order chi connectivity index (χ1) is 10.7. The Bertz CT molecular complexity index is 828. The van der Waals surface area contributed by atoms with Crippen LogP contribution in [-0.2, 0) is 6.54 Å². The summed E-state index contributed by atoms with van der Waals surface area (Å²) in [5.74, 6) is 0.847. The summed E-state index contributed by atoms with van der Waals surface area (Å²) < 4.78 is 7.17. The Morgan fingerprint density at radius 3 is 2.64 bits per heavy atom. The molecule has 2 aromatic carbocycles. The third-order valence-corrected chi connectivity index (χ3v) is 3.82. The number of fused-ring (bicyclic) bond motifs is 1. The number of pyridine rings is 1. The minimum absolute atomic E-state index is 0.0463. The van der Waals surface area contributed by atoms with E-state index in [1.807, 2.05) is 41.1 Å². The van der Waals surface area contributed by atoms with E-state index in [2.05, 4.69) is 0 Å². The van der Waals surface area contributed by atoms with Gasteiger partial charge in [0.2, 0.25) is 17.8 Å². The van der Waals surface area contributed by atoms with Crippen molar-refractivity contribution in [3.05, 3.63) is 71.4 Å². The number of carbonyl (C=O) groups is 1. The predicted octanol–water partition coefficient (Wildman–Crippen LogP) is 3.67. The van der Waals surface area contributed by atoms with E-state index in [1.54, 1.807) is 31.4 Å². The SMILES string of the molecule is COc1ccc2c(ccc[n+]2CC(=O)c2ccc(Cl)cc2)c1. The number of aromatic nitrogens is 1. The Hall–Kier alpha value is -2.39. The van der Waals surface area contributed by atoms with E-state index in [0.29, 0.717) is 10.6 Å². The van der Waals surface area contributed by atoms with Gasteiger partial charge in [0.05, 0.1) is 12.5 Å². The van der Waals surface area contributed by atoms with E-state index in [1.165, 1.54) is 0 Å². The Balaban J connectivity index is 1.93. The zero-order valence-corrected chi connectivity index (χ0v) is 12.9. The van der Waals surface area contributed by atoms with Crippen molar-refractivity contribution in [2.75, 3.05) is 7.11 Å². The van der Waals surface area contributed by atoms with Crippen LogP contribution in [0, 0.1) is 0 Å². The van der Waals surface area contributed by atoms with Crippen molar-refractivity contribution in [3.8, 4) is 5.75 Å². The highest BCUT2D eigenvalue weighted by molar-refractivity contribution is 6.30. The first-order valence-corrected chi connectivity index (χ1v) is 7.30. The lowest BCUT2D eigenvalue weighted by atomic mass is 10.1. The molecule has 22 heavy (non-hydrogen) atoms. The highest BCUT2D eigenvalue weighted by atomic mass is 35.5. The van der Waals surface area contributed by atoms with Gasteiger partial charge in [0.25, 0.3) is 0 Å². The van der Waals surface area contributed by atoms with Crippen molar-refractivity contribution in [1.82, 2.24) is 0 Å². The quantitative estimate of drug-likeness (QED) is 0.543. The molecule has 0 fully saturated rings. The summed E-state index contributed by atoms with van der Waals surface area (Å²) in [5, 5.41) is 1.66. The van der Waals surface area contributed by atoms with E-state index >= 15 is 0 Å². The van der Waals surface area contributed by atoms with Crippen LogP contribution in [0.25, 0.3) is 10.9 Å². The maximum atomic E-state index is 12.4. The van der Waals surface area contributed by atoms with Crippen LogP contribution in [0.3, 0.4) is 0 Å². The lowest BCUT2D eigenvalue weighted by molar-refractivity contribution is -0.657. The normalized spacial score (nSPS) is 10.6. The molecule has 0 amide bonds. The number of carbonyl (C=O) groups excluding carboxylic acids is 1. The summed E-state index contributed by atoms with van der Waals surface area (Å²) in [6.07, 6.45) is 1.91. The number of rotatable bonds is 4. The molecular formula is C18H15ClNO2+. The lowest BCUT2D eigenvalue weighted by Crippen LogP contribution is -2.38. The van der Waals surface area contributed by atoms with Crippen LogP contribution in [0.2, 0.25) is 5.02 Å². The van der Waals surface area contributed by atoms with E-state index in [-0.39, 0.29) is 12.3 Å². The predicted molar refractivity (Wildman–Crippen MR) is 86.5 cm³/mol. The molecule has 0 aliphatic heterocycles. The number of methoxy groups -OCH3 is 1. The molecule has 0 atom stereocenters. The van der Waals surface area contributed by atoms with Crippen molar-refractivity contribution in [1.29, 1.82) is 0 Å². The van der Waals surface area contributed by atoms with Crippen LogP contribution in [0.15, 0.2) is 60.8 Å². The summed E-state index contributed by atoms with van der Waals surface area (Å²) in [4.78, 5) is 12.4. The largest absolute Gasteiger partial charge is 0.497 e. The molecule has 1 aromatic heterocycles. The molecule has 0 aliphatic carbocycles. The Morgan fingerprint density at radius 2 is 1.91 bits per heavy atom. The van der Waals surface area contributed by atoms with Crippen LogP contribution in [0.5, 0.6) is 5.75 Å². The third kappa shape index (κ3) is 2.95. The third-order valence-electron chi connectivity index (χ3n) is 3.57. The number of benzene rings is 2. The van der Waals surface area contributed by atoms with Crippen LogP contribution >= 0.6 is 11.6 Å². The molecule has 0 aliphatic rings. The second kappa shape index (κ2) is 6.16. The fourth-order valence-electron chi connectivity index (χ4n) is 2.41. The Morgan fingerprint density at radius 1 is 1.14 bits per heavy atom. The zero-order valence-electron chi connectivity index (χ0n) is 12.1. The van der Waals surface area contributed by atoms with E-state index in [9.17, 15) is 4.79 Å². The van der Waals surface area contributed by atoms with Crippen molar-refractivity contribution >= 4 is 28.3 Å². The molecule has 3 rings (SSSR count). The number of halogens is 1. The van der Waals surface area contributed by atoms with Gasteiger partial charge in [-0.3, -0.25) is 4.79 Å². The summed E-state index contributed by atoms with van der Waals surface area (Å²) in [5.41, 5.74) is 1.65. The molecule has 0 spiro atoms.